The molecular weight excluding hydrogens is 218 g/mol. The second-order valence-corrected chi connectivity index (χ2v) is 4.32. The lowest BCUT2D eigenvalue weighted by Crippen LogP contribution is -2.12. The van der Waals surface area contributed by atoms with Crippen molar-refractivity contribution in [3.05, 3.63) is 52.0 Å². The maximum absolute atomic E-state index is 8.66. The molecule has 0 aliphatic heterocycles. The Bertz CT molecular complexity index is 468. The van der Waals surface area contributed by atoms with Gasteiger partial charge in [-0.05, 0) is 17.7 Å². The van der Waals surface area contributed by atoms with Crippen LogP contribution in [-0.2, 0) is 13.1 Å². The Balaban J connectivity index is 1.83. The lowest BCUT2D eigenvalue weighted by atomic mass is 10.1. The molecule has 0 fully saturated rings. The summed E-state index contributed by atoms with van der Waals surface area (Å²) >= 11 is 1.65. The fourth-order valence-corrected chi connectivity index (χ4v) is 1.94. The van der Waals surface area contributed by atoms with Crippen molar-refractivity contribution in [3.8, 4) is 6.07 Å². The van der Waals surface area contributed by atoms with E-state index in [-0.39, 0.29) is 0 Å². The first-order chi connectivity index (χ1) is 7.88. The van der Waals surface area contributed by atoms with Gasteiger partial charge < -0.3 is 5.32 Å². The van der Waals surface area contributed by atoms with Gasteiger partial charge in [-0.25, -0.2) is 4.98 Å². The van der Waals surface area contributed by atoms with Crippen LogP contribution in [0.2, 0.25) is 0 Å². The molecule has 0 aliphatic carbocycles. The number of benzene rings is 1. The number of hydrogen-bond acceptors (Lipinski definition) is 4. The molecule has 16 heavy (non-hydrogen) atoms. The molecule has 80 valence electrons. The molecular formula is C12H11N3S. The average Bonchev–Trinajstić information content (AvgIpc) is 2.83. The minimum absolute atomic E-state index is 0.698. The van der Waals surface area contributed by atoms with Gasteiger partial charge in [0.15, 0.2) is 0 Å². The molecule has 3 nitrogen and oxygen atoms in total. The zero-order valence-corrected chi connectivity index (χ0v) is 9.50. The first-order valence-electron chi connectivity index (χ1n) is 4.96. The predicted molar refractivity (Wildman–Crippen MR) is 63.8 cm³/mol. The Hall–Kier alpha value is -1.70. The lowest BCUT2D eigenvalue weighted by molar-refractivity contribution is 0.690. The second-order valence-electron chi connectivity index (χ2n) is 3.34. The fourth-order valence-electron chi connectivity index (χ4n) is 1.35. The quantitative estimate of drug-likeness (QED) is 0.875. The van der Waals surface area contributed by atoms with E-state index < -0.39 is 0 Å². The molecule has 0 unspecified atom stereocenters. The number of thiazole rings is 1. The van der Waals surface area contributed by atoms with Crippen molar-refractivity contribution in [2.24, 2.45) is 0 Å². The Morgan fingerprint density at radius 3 is 2.69 bits per heavy atom. The molecule has 2 aromatic rings. The molecule has 0 amide bonds. The second kappa shape index (κ2) is 5.40. The van der Waals surface area contributed by atoms with E-state index in [4.69, 9.17) is 5.26 Å². The van der Waals surface area contributed by atoms with Gasteiger partial charge in [0.2, 0.25) is 0 Å². The van der Waals surface area contributed by atoms with E-state index in [9.17, 15) is 0 Å². The monoisotopic (exact) mass is 229 g/mol. The smallest absolute Gasteiger partial charge is 0.106 e. The molecule has 2 rings (SSSR count). The minimum Gasteiger partial charge on any atom is -0.306 e. The minimum atomic E-state index is 0.698. The highest BCUT2D eigenvalue weighted by Crippen LogP contribution is 2.05. The molecule has 0 aliphatic rings. The van der Waals surface area contributed by atoms with Crippen molar-refractivity contribution < 1.29 is 0 Å². The predicted octanol–water partition coefficient (Wildman–Crippen LogP) is 2.30. The van der Waals surface area contributed by atoms with Crippen LogP contribution in [0.25, 0.3) is 0 Å². The maximum atomic E-state index is 8.66. The van der Waals surface area contributed by atoms with E-state index >= 15 is 0 Å². The van der Waals surface area contributed by atoms with Crippen molar-refractivity contribution in [2.75, 3.05) is 0 Å². The third-order valence-corrected chi connectivity index (χ3v) is 2.95. The highest BCUT2D eigenvalue weighted by molar-refractivity contribution is 7.09. The summed E-state index contributed by atoms with van der Waals surface area (Å²) in [5.74, 6) is 0. The normalized spacial score (nSPS) is 9.94. The fraction of sp³-hybridized carbons (Fsp3) is 0.167. The van der Waals surface area contributed by atoms with Crippen LogP contribution < -0.4 is 5.32 Å². The van der Waals surface area contributed by atoms with Gasteiger partial charge in [-0.1, -0.05) is 12.1 Å². The molecule has 1 N–H and O–H groups in total. The lowest BCUT2D eigenvalue weighted by Gasteiger charge is -2.02. The maximum Gasteiger partial charge on any atom is 0.106 e. The zero-order chi connectivity index (χ0) is 11.2. The van der Waals surface area contributed by atoms with Crippen LogP contribution >= 0.6 is 11.3 Å². The summed E-state index contributed by atoms with van der Waals surface area (Å²) in [6.07, 6.45) is 1.81. The van der Waals surface area contributed by atoms with Crippen LogP contribution in [0, 0.1) is 11.3 Å². The Morgan fingerprint density at radius 2 is 2.06 bits per heavy atom. The number of hydrogen-bond donors (Lipinski definition) is 1. The molecule has 0 atom stereocenters. The van der Waals surface area contributed by atoms with Crippen molar-refractivity contribution >= 4 is 11.3 Å². The summed E-state index contributed by atoms with van der Waals surface area (Å²) in [6.45, 7) is 1.59. The molecule has 1 heterocycles. The van der Waals surface area contributed by atoms with Gasteiger partial charge in [-0.15, -0.1) is 11.3 Å². The van der Waals surface area contributed by atoms with Crippen molar-refractivity contribution in [1.29, 1.82) is 5.26 Å². The molecule has 0 radical (unpaired) electrons. The molecule has 0 bridgehead atoms. The van der Waals surface area contributed by atoms with Gasteiger partial charge in [-0.3, -0.25) is 0 Å². The summed E-state index contributed by atoms with van der Waals surface area (Å²) < 4.78 is 0. The Labute approximate surface area is 98.4 Å². The van der Waals surface area contributed by atoms with Gasteiger partial charge in [-0.2, -0.15) is 5.26 Å². The number of aromatic nitrogens is 1. The van der Waals surface area contributed by atoms with E-state index in [1.165, 1.54) is 5.56 Å². The van der Waals surface area contributed by atoms with Crippen LogP contribution in [0.15, 0.2) is 35.8 Å². The van der Waals surface area contributed by atoms with E-state index in [0.717, 1.165) is 18.1 Å². The Morgan fingerprint density at radius 1 is 1.25 bits per heavy atom. The van der Waals surface area contributed by atoms with E-state index in [1.54, 1.807) is 11.3 Å². The molecule has 4 heteroatoms. The molecule has 0 saturated carbocycles. The Kier molecular flexibility index (Phi) is 3.65. The number of nitrogens with zero attached hydrogens (tertiary/aromatic N) is 2. The third kappa shape index (κ3) is 2.89. The van der Waals surface area contributed by atoms with Crippen molar-refractivity contribution in [3.63, 3.8) is 0 Å². The first-order valence-corrected chi connectivity index (χ1v) is 5.84. The van der Waals surface area contributed by atoms with Crippen LogP contribution in [0.3, 0.4) is 0 Å². The van der Waals surface area contributed by atoms with Gasteiger partial charge >= 0.3 is 0 Å². The van der Waals surface area contributed by atoms with Crippen molar-refractivity contribution in [1.82, 2.24) is 10.3 Å². The zero-order valence-electron chi connectivity index (χ0n) is 8.68. The number of rotatable bonds is 4. The van der Waals surface area contributed by atoms with Crippen LogP contribution in [0.4, 0.5) is 0 Å². The van der Waals surface area contributed by atoms with E-state index in [2.05, 4.69) is 16.4 Å². The van der Waals surface area contributed by atoms with Gasteiger partial charge in [0.05, 0.1) is 11.6 Å². The number of nitrogens with one attached hydrogen (secondary N) is 1. The standard InChI is InChI=1S/C12H11N3S/c13-7-10-1-3-11(4-2-10)8-14-9-12-15-5-6-16-12/h1-6,14H,8-9H2. The van der Waals surface area contributed by atoms with E-state index in [1.807, 2.05) is 35.8 Å². The van der Waals surface area contributed by atoms with Crippen LogP contribution in [-0.4, -0.2) is 4.98 Å². The van der Waals surface area contributed by atoms with Gasteiger partial charge in [0, 0.05) is 24.7 Å². The summed E-state index contributed by atoms with van der Waals surface area (Å²) in [6, 6.07) is 9.70. The topological polar surface area (TPSA) is 48.7 Å². The summed E-state index contributed by atoms with van der Waals surface area (Å²) in [4.78, 5) is 4.19. The van der Waals surface area contributed by atoms with Crippen LogP contribution in [0.5, 0.6) is 0 Å². The van der Waals surface area contributed by atoms with Gasteiger partial charge in [0.25, 0.3) is 0 Å². The van der Waals surface area contributed by atoms with Gasteiger partial charge in [0.1, 0.15) is 5.01 Å². The largest absolute Gasteiger partial charge is 0.306 e. The molecule has 0 saturated heterocycles. The average molecular weight is 229 g/mol. The highest BCUT2D eigenvalue weighted by atomic mass is 32.1. The molecule has 1 aromatic carbocycles. The summed E-state index contributed by atoms with van der Waals surface area (Å²) in [5.41, 5.74) is 1.87. The summed E-state index contributed by atoms with van der Waals surface area (Å²) in [5, 5.41) is 15.0. The third-order valence-electron chi connectivity index (χ3n) is 2.17. The molecule has 1 aromatic heterocycles. The highest BCUT2D eigenvalue weighted by Gasteiger charge is 1.96. The molecule has 0 spiro atoms. The van der Waals surface area contributed by atoms with E-state index in [0.29, 0.717) is 5.56 Å². The first kappa shape index (κ1) is 10.8. The number of nitriles is 1. The summed E-state index contributed by atoms with van der Waals surface area (Å²) in [7, 11) is 0. The SMILES string of the molecule is N#Cc1ccc(CNCc2nccs2)cc1. The van der Waals surface area contributed by atoms with Crippen LogP contribution in [0.1, 0.15) is 16.1 Å². The van der Waals surface area contributed by atoms with Crippen molar-refractivity contribution in [2.45, 2.75) is 13.1 Å².